The van der Waals surface area contributed by atoms with Crippen LogP contribution in [0.1, 0.15) is 27.0 Å². The molecule has 2 heterocycles. The number of hydrogen-bond donors (Lipinski definition) is 2. The van der Waals surface area contributed by atoms with Gasteiger partial charge in [-0.1, -0.05) is 60.1 Å². The molecule has 0 spiro atoms. The van der Waals surface area contributed by atoms with Gasteiger partial charge in [0.15, 0.2) is 0 Å². The number of aromatic nitrogens is 2. The molecule has 1 aromatic heterocycles. The van der Waals surface area contributed by atoms with E-state index < -0.39 is 0 Å². The van der Waals surface area contributed by atoms with E-state index in [1.54, 1.807) is 17.1 Å². The van der Waals surface area contributed by atoms with E-state index in [2.05, 4.69) is 63.1 Å². The van der Waals surface area contributed by atoms with Crippen molar-refractivity contribution in [2.75, 3.05) is 26.2 Å². The largest absolute Gasteiger partial charge is 0.348 e. The molecule has 0 bridgehead atoms. The lowest BCUT2D eigenvalue weighted by Gasteiger charge is -2.27. The fraction of sp³-hybridized carbons (Fsp3) is 0.241. The second-order valence-corrected chi connectivity index (χ2v) is 9.60. The second-order valence-electron chi connectivity index (χ2n) is 9.17. The highest BCUT2D eigenvalue weighted by Gasteiger charge is 2.11. The minimum absolute atomic E-state index is 0.0984. The van der Waals surface area contributed by atoms with Gasteiger partial charge in [0.25, 0.3) is 5.91 Å². The van der Waals surface area contributed by atoms with E-state index in [0.29, 0.717) is 23.7 Å². The summed E-state index contributed by atoms with van der Waals surface area (Å²) in [6.07, 6.45) is 3.37. The van der Waals surface area contributed by atoms with Crippen molar-refractivity contribution in [2.45, 2.75) is 19.6 Å². The van der Waals surface area contributed by atoms with E-state index in [1.165, 1.54) is 11.1 Å². The quantitative estimate of drug-likeness (QED) is 0.372. The molecule has 5 rings (SSSR count). The minimum atomic E-state index is -0.0984. The van der Waals surface area contributed by atoms with Gasteiger partial charge in [0, 0.05) is 51.0 Å². The van der Waals surface area contributed by atoms with E-state index in [4.69, 9.17) is 11.6 Å². The fourth-order valence-corrected chi connectivity index (χ4v) is 4.70. The van der Waals surface area contributed by atoms with Crippen molar-refractivity contribution in [3.8, 4) is 11.1 Å². The summed E-state index contributed by atoms with van der Waals surface area (Å²) >= 11 is 5.95. The first-order chi connectivity index (χ1) is 17.6. The van der Waals surface area contributed by atoms with Gasteiger partial charge in [-0.05, 0) is 52.1 Å². The molecule has 1 fully saturated rings. The van der Waals surface area contributed by atoms with Gasteiger partial charge in [-0.25, -0.2) is 0 Å². The Morgan fingerprint density at radius 1 is 0.889 bits per heavy atom. The third-order valence-corrected chi connectivity index (χ3v) is 6.59. The lowest BCUT2D eigenvalue weighted by molar-refractivity contribution is 0.0951. The van der Waals surface area contributed by atoms with Gasteiger partial charge >= 0.3 is 0 Å². The summed E-state index contributed by atoms with van der Waals surface area (Å²) < 4.78 is 1.75. The summed E-state index contributed by atoms with van der Waals surface area (Å²) in [7, 11) is 0. The van der Waals surface area contributed by atoms with Crippen molar-refractivity contribution in [1.29, 1.82) is 0 Å². The number of rotatable bonds is 8. The van der Waals surface area contributed by atoms with Crippen LogP contribution in [0.5, 0.6) is 0 Å². The number of hydrogen-bond acceptors (Lipinski definition) is 4. The molecular formula is C29H30ClN5O. The maximum Gasteiger partial charge on any atom is 0.251 e. The number of nitrogens with zero attached hydrogens (tertiary/aromatic N) is 3. The van der Waals surface area contributed by atoms with Gasteiger partial charge in [0.2, 0.25) is 0 Å². The number of amides is 1. The molecule has 0 aliphatic carbocycles. The molecule has 7 heteroatoms. The monoisotopic (exact) mass is 499 g/mol. The molecule has 0 atom stereocenters. The summed E-state index contributed by atoms with van der Waals surface area (Å²) in [5.74, 6) is -0.0984. The SMILES string of the molecule is O=C(NCc1cccc(-c2cccc(CN3CCNCC3)c2)c1)c1cccc(Cn2cc(Cl)cn2)c1. The van der Waals surface area contributed by atoms with Crippen molar-refractivity contribution < 1.29 is 4.79 Å². The number of benzene rings is 3. The minimum Gasteiger partial charge on any atom is -0.348 e. The van der Waals surface area contributed by atoms with E-state index in [-0.39, 0.29) is 5.91 Å². The lowest BCUT2D eigenvalue weighted by Crippen LogP contribution is -2.42. The van der Waals surface area contributed by atoms with Crippen LogP contribution in [0, 0.1) is 0 Å². The number of carbonyl (C=O) groups excluding carboxylic acids is 1. The first kappa shape index (κ1) is 24.3. The van der Waals surface area contributed by atoms with Crippen molar-refractivity contribution in [2.24, 2.45) is 0 Å². The van der Waals surface area contributed by atoms with Gasteiger partial charge in [-0.3, -0.25) is 14.4 Å². The zero-order valence-corrected chi connectivity index (χ0v) is 20.9. The van der Waals surface area contributed by atoms with Gasteiger partial charge in [0.05, 0.1) is 17.8 Å². The van der Waals surface area contributed by atoms with Gasteiger partial charge < -0.3 is 10.6 Å². The van der Waals surface area contributed by atoms with Crippen molar-refractivity contribution in [3.05, 3.63) is 112 Å². The average molecular weight is 500 g/mol. The maximum absolute atomic E-state index is 12.9. The van der Waals surface area contributed by atoms with E-state index in [0.717, 1.165) is 49.4 Å². The van der Waals surface area contributed by atoms with Gasteiger partial charge in [0.1, 0.15) is 0 Å². The Kier molecular flexibility index (Phi) is 7.76. The van der Waals surface area contributed by atoms with Crippen molar-refractivity contribution in [1.82, 2.24) is 25.3 Å². The molecule has 0 radical (unpaired) electrons. The van der Waals surface area contributed by atoms with Crippen LogP contribution in [-0.4, -0.2) is 46.8 Å². The van der Waals surface area contributed by atoms with Crippen LogP contribution in [0.15, 0.2) is 85.2 Å². The predicted molar refractivity (Wildman–Crippen MR) is 144 cm³/mol. The number of nitrogens with one attached hydrogen (secondary N) is 2. The Morgan fingerprint density at radius 3 is 2.28 bits per heavy atom. The molecule has 184 valence electrons. The first-order valence-corrected chi connectivity index (χ1v) is 12.7. The Labute approximate surface area is 216 Å². The van der Waals surface area contributed by atoms with Gasteiger partial charge in [-0.15, -0.1) is 0 Å². The zero-order valence-electron chi connectivity index (χ0n) is 20.2. The molecule has 36 heavy (non-hydrogen) atoms. The Bertz CT molecular complexity index is 1330. The lowest BCUT2D eigenvalue weighted by atomic mass is 10.0. The number of carbonyl (C=O) groups is 1. The maximum atomic E-state index is 12.9. The Hall–Kier alpha value is -3.45. The summed E-state index contributed by atoms with van der Waals surface area (Å²) in [5.41, 5.74) is 6.36. The van der Waals surface area contributed by atoms with E-state index in [9.17, 15) is 4.79 Å². The molecular weight excluding hydrogens is 470 g/mol. The normalized spacial score (nSPS) is 14.0. The summed E-state index contributed by atoms with van der Waals surface area (Å²) in [6.45, 7) is 6.27. The van der Waals surface area contributed by atoms with Crippen LogP contribution in [0.25, 0.3) is 11.1 Å². The molecule has 2 N–H and O–H groups in total. The average Bonchev–Trinajstić information content (AvgIpc) is 3.32. The van der Waals surface area contributed by atoms with Crippen molar-refractivity contribution >= 4 is 17.5 Å². The molecule has 1 aliphatic rings. The van der Waals surface area contributed by atoms with Gasteiger partial charge in [-0.2, -0.15) is 5.10 Å². The van der Waals surface area contributed by atoms with Crippen LogP contribution in [0.4, 0.5) is 0 Å². The van der Waals surface area contributed by atoms with Crippen LogP contribution in [-0.2, 0) is 19.6 Å². The van der Waals surface area contributed by atoms with Crippen LogP contribution < -0.4 is 10.6 Å². The summed E-state index contributed by atoms with van der Waals surface area (Å²) in [5, 5.41) is 11.3. The molecule has 4 aromatic rings. The molecule has 1 saturated heterocycles. The fourth-order valence-electron chi connectivity index (χ4n) is 4.54. The van der Waals surface area contributed by atoms with E-state index in [1.807, 2.05) is 30.3 Å². The highest BCUT2D eigenvalue weighted by molar-refractivity contribution is 6.30. The number of halogens is 1. The molecule has 3 aromatic carbocycles. The third kappa shape index (κ3) is 6.40. The summed E-state index contributed by atoms with van der Waals surface area (Å²) in [6, 6.07) is 24.7. The zero-order chi connectivity index (χ0) is 24.7. The molecule has 1 aliphatic heterocycles. The standard InChI is InChI=1S/C29H30ClN5O/c30-28-18-33-35(21-28)20-24-6-3-9-27(16-24)29(36)32-17-22-4-1-7-25(14-22)26-8-2-5-23(15-26)19-34-12-10-31-11-13-34/h1-9,14-16,18,21,31H,10-13,17,19-20H2,(H,32,36). The smallest absolute Gasteiger partial charge is 0.251 e. The van der Waals surface area contributed by atoms with Crippen LogP contribution >= 0.6 is 11.6 Å². The summed E-state index contributed by atoms with van der Waals surface area (Å²) in [4.78, 5) is 15.3. The van der Waals surface area contributed by atoms with Crippen LogP contribution in [0.3, 0.4) is 0 Å². The molecule has 0 unspecified atom stereocenters. The second kappa shape index (κ2) is 11.5. The highest BCUT2D eigenvalue weighted by Crippen LogP contribution is 2.22. The van der Waals surface area contributed by atoms with E-state index >= 15 is 0 Å². The topological polar surface area (TPSA) is 62.2 Å². The number of piperazine rings is 1. The highest BCUT2D eigenvalue weighted by atomic mass is 35.5. The molecule has 1 amide bonds. The van der Waals surface area contributed by atoms with Crippen LogP contribution in [0.2, 0.25) is 5.02 Å². The Morgan fingerprint density at radius 2 is 1.56 bits per heavy atom. The Balaban J connectivity index is 1.22. The molecule has 6 nitrogen and oxygen atoms in total. The third-order valence-electron chi connectivity index (χ3n) is 6.39. The first-order valence-electron chi connectivity index (χ1n) is 12.3. The molecule has 0 saturated carbocycles. The van der Waals surface area contributed by atoms with Crippen molar-refractivity contribution in [3.63, 3.8) is 0 Å². The predicted octanol–water partition coefficient (Wildman–Crippen LogP) is 4.59.